The van der Waals surface area contributed by atoms with Gasteiger partial charge in [-0.05, 0) is 24.6 Å². The van der Waals surface area contributed by atoms with Crippen molar-refractivity contribution in [2.24, 2.45) is 0 Å². The number of rotatable bonds is 2. The lowest BCUT2D eigenvalue weighted by atomic mass is 10.2. The van der Waals surface area contributed by atoms with Crippen molar-refractivity contribution >= 4 is 0 Å². The lowest BCUT2D eigenvalue weighted by Crippen LogP contribution is -2.15. The molecule has 0 radical (unpaired) electrons. The topological polar surface area (TPSA) is 112 Å². The maximum atomic E-state index is 9.44. The van der Waals surface area contributed by atoms with Crippen LogP contribution in [0.1, 0.15) is 18.4 Å². The number of β-amino-alcohol motifs (C(OH)–C–C–N with tert-alkyl or cyclic N) is 1. The van der Waals surface area contributed by atoms with Crippen LogP contribution in [-0.2, 0) is 0 Å². The molecule has 1 saturated heterocycles. The molecule has 7 nitrogen and oxygen atoms in total. The summed E-state index contributed by atoms with van der Waals surface area (Å²) in [5, 5.41) is 35.0. The van der Waals surface area contributed by atoms with Gasteiger partial charge in [-0.15, -0.1) is 0 Å². The van der Waals surface area contributed by atoms with Gasteiger partial charge in [0.25, 0.3) is 0 Å². The van der Waals surface area contributed by atoms with E-state index in [-0.39, 0.29) is 17.5 Å². The standard InChI is InChI=1S/C12H13N3O4/c16-7-4-8(13-5-7)12-14-11(15-19-12)6-1-2-9(17)10(18)3-6/h1-3,7-8,13,16-18H,4-5H2/t7-,8+/m1/s1. The van der Waals surface area contributed by atoms with Gasteiger partial charge in [-0.3, -0.25) is 0 Å². The fraction of sp³-hybridized carbons (Fsp3) is 0.333. The highest BCUT2D eigenvalue weighted by Crippen LogP contribution is 2.30. The first kappa shape index (κ1) is 11.9. The quantitative estimate of drug-likeness (QED) is 0.585. The maximum absolute atomic E-state index is 9.44. The summed E-state index contributed by atoms with van der Waals surface area (Å²) in [4.78, 5) is 4.22. The Hall–Kier alpha value is -2.12. The molecule has 0 unspecified atom stereocenters. The molecule has 0 aliphatic carbocycles. The molecule has 2 atom stereocenters. The number of aliphatic hydroxyl groups is 1. The van der Waals surface area contributed by atoms with E-state index in [1.54, 1.807) is 6.07 Å². The van der Waals surface area contributed by atoms with Gasteiger partial charge in [0.15, 0.2) is 11.5 Å². The Balaban J connectivity index is 1.86. The molecule has 7 heteroatoms. The number of aliphatic hydroxyl groups excluding tert-OH is 1. The van der Waals surface area contributed by atoms with Crippen molar-refractivity contribution in [3.05, 3.63) is 24.1 Å². The first-order valence-electron chi connectivity index (χ1n) is 5.91. The monoisotopic (exact) mass is 263 g/mol. The van der Waals surface area contributed by atoms with Gasteiger partial charge in [0, 0.05) is 12.1 Å². The van der Waals surface area contributed by atoms with Gasteiger partial charge in [0.2, 0.25) is 11.7 Å². The molecule has 19 heavy (non-hydrogen) atoms. The largest absolute Gasteiger partial charge is 0.504 e. The highest BCUT2D eigenvalue weighted by Gasteiger charge is 2.28. The Morgan fingerprint density at radius 1 is 1.26 bits per heavy atom. The molecule has 2 aromatic rings. The fourth-order valence-corrected chi connectivity index (χ4v) is 2.06. The predicted molar refractivity (Wildman–Crippen MR) is 64.4 cm³/mol. The predicted octanol–water partition coefficient (Wildman–Crippen LogP) is 0.543. The summed E-state index contributed by atoms with van der Waals surface area (Å²) in [6, 6.07) is 4.15. The maximum Gasteiger partial charge on any atom is 0.244 e. The Bertz CT molecular complexity index is 598. The first-order valence-corrected chi connectivity index (χ1v) is 5.91. The summed E-state index contributed by atoms with van der Waals surface area (Å²) in [6.07, 6.45) is 0.126. The molecule has 3 rings (SSSR count). The van der Waals surface area contributed by atoms with Gasteiger partial charge < -0.3 is 25.2 Å². The minimum Gasteiger partial charge on any atom is -0.504 e. The molecule has 1 aromatic carbocycles. The van der Waals surface area contributed by atoms with E-state index in [0.717, 1.165) is 0 Å². The minimum absolute atomic E-state index is 0.151. The third-order valence-corrected chi connectivity index (χ3v) is 3.08. The number of phenols is 2. The van der Waals surface area contributed by atoms with Crippen LogP contribution in [0, 0.1) is 0 Å². The molecule has 0 spiro atoms. The van der Waals surface area contributed by atoms with E-state index in [2.05, 4.69) is 15.5 Å². The number of phenolic OH excluding ortho intramolecular Hbond substituents is 2. The van der Waals surface area contributed by atoms with Gasteiger partial charge in [0.05, 0.1) is 12.1 Å². The number of aromatic nitrogens is 2. The summed E-state index contributed by atoms with van der Waals surface area (Å²) in [5.74, 6) is 0.291. The van der Waals surface area contributed by atoms with E-state index in [4.69, 9.17) is 4.52 Å². The Kier molecular flexibility index (Phi) is 2.84. The first-order chi connectivity index (χ1) is 9.13. The van der Waals surface area contributed by atoms with Crippen molar-refractivity contribution in [1.82, 2.24) is 15.5 Å². The SMILES string of the molecule is Oc1ccc(-c2noc([C@@H]3C[C@@H](O)CN3)n2)cc1O. The van der Waals surface area contributed by atoms with Crippen molar-refractivity contribution in [1.29, 1.82) is 0 Å². The van der Waals surface area contributed by atoms with Crippen LogP contribution in [0.2, 0.25) is 0 Å². The molecule has 0 saturated carbocycles. The summed E-state index contributed by atoms with van der Waals surface area (Å²) >= 11 is 0. The van der Waals surface area contributed by atoms with Gasteiger partial charge in [0.1, 0.15) is 0 Å². The molecule has 100 valence electrons. The van der Waals surface area contributed by atoms with Gasteiger partial charge >= 0.3 is 0 Å². The molecule has 1 aromatic heterocycles. The van der Waals surface area contributed by atoms with Crippen molar-refractivity contribution in [3.8, 4) is 22.9 Å². The minimum atomic E-state index is -0.405. The molecule has 1 aliphatic rings. The second-order valence-electron chi connectivity index (χ2n) is 4.51. The zero-order valence-electron chi connectivity index (χ0n) is 9.95. The van der Waals surface area contributed by atoms with Crippen LogP contribution in [0.3, 0.4) is 0 Å². The normalized spacial score (nSPS) is 22.8. The number of benzene rings is 1. The number of hydrogen-bond acceptors (Lipinski definition) is 7. The Morgan fingerprint density at radius 2 is 2.11 bits per heavy atom. The molecule has 2 heterocycles. The Morgan fingerprint density at radius 3 is 2.79 bits per heavy atom. The van der Waals surface area contributed by atoms with E-state index in [1.165, 1.54) is 12.1 Å². The van der Waals surface area contributed by atoms with Crippen LogP contribution in [0.4, 0.5) is 0 Å². The number of aromatic hydroxyl groups is 2. The fourth-order valence-electron chi connectivity index (χ4n) is 2.06. The summed E-state index contributed by atoms with van der Waals surface area (Å²) in [5.41, 5.74) is 0.545. The average Bonchev–Trinajstić information content (AvgIpc) is 3.01. The van der Waals surface area contributed by atoms with Crippen LogP contribution < -0.4 is 5.32 Å². The van der Waals surface area contributed by atoms with E-state index in [1.807, 2.05) is 0 Å². The van der Waals surface area contributed by atoms with E-state index in [9.17, 15) is 15.3 Å². The Labute approximate surface area is 108 Å². The van der Waals surface area contributed by atoms with Crippen LogP contribution in [0.5, 0.6) is 11.5 Å². The second kappa shape index (κ2) is 4.52. The van der Waals surface area contributed by atoms with Crippen LogP contribution in [0.25, 0.3) is 11.4 Å². The van der Waals surface area contributed by atoms with E-state index < -0.39 is 6.10 Å². The van der Waals surface area contributed by atoms with Crippen LogP contribution in [0.15, 0.2) is 22.7 Å². The highest BCUT2D eigenvalue weighted by molar-refractivity contribution is 5.59. The number of nitrogens with one attached hydrogen (secondary N) is 1. The molecule has 1 fully saturated rings. The molecule has 0 bridgehead atoms. The van der Waals surface area contributed by atoms with E-state index in [0.29, 0.717) is 30.2 Å². The molecule has 4 N–H and O–H groups in total. The van der Waals surface area contributed by atoms with Crippen molar-refractivity contribution < 1.29 is 19.8 Å². The summed E-state index contributed by atoms with van der Waals surface area (Å²) in [7, 11) is 0. The summed E-state index contributed by atoms with van der Waals surface area (Å²) < 4.78 is 5.14. The third-order valence-electron chi connectivity index (χ3n) is 3.08. The van der Waals surface area contributed by atoms with Crippen molar-refractivity contribution in [2.45, 2.75) is 18.6 Å². The van der Waals surface area contributed by atoms with Gasteiger partial charge in [-0.2, -0.15) is 4.98 Å². The molecular formula is C12H13N3O4. The number of nitrogens with zero attached hydrogens (tertiary/aromatic N) is 2. The zero-order chi connectivity index (χ0) is 13.4. The smallest absolute Gasteiger partial charge is 0.244 e. The van der Waals surface area contributed by atoms with E-state index >= 15 is 0 Å². The lowest BCUT2D eigenvalue weighted by molar-refractivity contribution is 0.191. The third kappa shape index (κ3) is 2.25. The highest BCUT2D eigenvalue weighted by atomic mass is 16.5. The molecular weight excluding hydrogens is 250 g/mol. The van der Waals surface area contributed by atoms with Gasteiger partial charge in [-0.1, -0.05) is 5.16 Å². The van der Waals surface area contributed by atoms with Crippen LogP contribution in [-0.4, -0.2) is 38.1 Å². The van der Waals surface area contributed by atoms with Crippen molar-refractivity contribution in [2.75, 3.05) is 6.54 Å². The second-order valence-corrected chi connectivity index (χ2v) is 4.51. The van der Waals surface area contributed by atoms with Gasteiger partial charge in [-0.25, -0.2) is 0 Å². The zero-order valence-corrected chi connectivity index (χ0v) is 9.95. The lowest BCUT2D eigenvalue weighted by Gasteiger charge is -2.01. The molecule has 0 amide bonds. The summed E-state index contributed by atoms with van der Waals surface area (Å²) in [6.45, 7) is 0.502. The number of hydrogen-bond donors (Lipinski definition) is 4. The average molecular weight is 263 g/mol. The van der Waals surface area contributed by atoms with Crippen molar-refractivity contribution in [3.63, 3.8) is 0 Å². The van der Waals surface area contributed by atoms with Crippen LogP contribution >= 0.6 is 0 Å². The molecule has 1 aliphatic heterocycles.